The molecule has 1 heterocycles. The van der Waals surface area contributed by atoms with Crippen molar-refractivity contribution < 1.29 is 0 Å². The summed E-state index contributed by atoms with van der Waals surface area (Å²) in [5.74, 6) is 0. The highest BCUT2D eigenvalue weighted by Crippen LogP contribution is 2.19. The van der Waals surface area contributed by atoms with Gasteiger partial charge in [-0.2, -0.15) is 0 Å². The van der Waals surface area contributed by atoms with E-state index in [9.17, 15) is 0 Å². The van der Waals surface area contributed by atoms with Gasteiger partial charge in [0.1, 0.15) is 0 Å². The molecule has 1 saturated heterocycles. The van der Waals surface area contributed by atoms with E-state index in [0.717, 1.165) is 0 Å². The molecule has 0 aromatic carbocycles. The highest BCUT2D eigenvalue weighted by atomic mass is 28.3. The van der Waals surface area contributed by atoms with Gasteiger partial charge in [0.2, 0.25) is 0 Å². The van der Waals surface area contributed by atoms with E-state index in [1.807, 2.05) is 0 Å². The third-order valence-electron chi connectivity index (χ3n) is 3.68. The van der Waals surface area contributed by atoms with Crippen molar-refractivity contribution in [1.29, 1.82) is 0 Å². The summed E-state index contributed by atoms with van der Waals surface area (Å²) in [6, 6.07) is 2.86. The zero-order valence-corrected chi connectivity index (χ0v) is 12.5. The summed E-state index contributed by atoms with van der Waals surface area (Å²) in [6.07, 6.45) is 10.3. The van der Waals surface area contributed by atoms with Crippen LogP contribution in [0.25, 0.3) is 0 Å². The molecule has 1 aliphatic rings. The van der Waals surface area contributed by atoms with Crippen molar-refractivity contribution in [2.24, 2.45) is 0 Å². The molecule has 0 radical (unpaired) electrons. The Morgan fingerprint density at radius 3 is 2.44 bits per heavy atom. The molecule has 0 aromatic heterocycles. The first-order valence-corrected chi connectivity index (χ1v) is 10.4. The minimum atomic E-state index is -0.922. The second-order valence-electron chi connectivity index (χ2n) is 5.94. The lowest BCUT2D eigenvalue weighted by molar-refractivity contribution is 0.229. The van der Waals surface area contributed by atoms with Crippen molar-refractivity contribution in [1.82, 2.24) is 4.90 Å². The maximum Gasteiger partial charge on any atom is 0.0511 e. The van der Waals surface area contributed by atoms with Gasteiger partial charge in [-0.05, 0) is 51.9 Å². The first-order valence-electron chi connectivity index (χ1n) is 6.97. The summed E-state index contributed by atoms with van der Waals surface area (Å²) in [5.41, 5.74) is 0. The van der Waals surface area contributed by atoms with Gasteiger partial charge < -0.3 is 4.90 Å². The van der Waals surface area contributed by atoms with E-state index >= 15 is 0 Å². The zero-order valence-electron chi connectivity index (χ0n) is 11.5. The predicted octanol–water partition coefficient (Wildman–Crippen LogP) is 4.15. The molecule has 0 bridgehead atoms. The van der Waals surface area contributed by atoms with Crippen LogP contribution in [-0.2, 0) is 0 Å². The highest BCUT2D eigenvalue weighted by Gasteiger charge is 2.19. The molecule has 94 valence electrons. The second-order valence-corrected chi connectivity index (χ2v) is 11.2. The molecule has 2 heteroatoms. The van der Waals surface area contributed by atoms with E-state index in [0.29, 0.717) is 0 Å². The van der Waals surface area contributed by atoms with Gasteiger partial charge >= 0.3 is 0 Å². The number of rotatable bonds is 6. The number of nitrogens with zero attached hydrogens (tertiary/aromatic N) is 1. The van der Waals surface area contributed by atoms with Gasteiger partial charge in [0.05, 0.1) is 8.07 Å². The van der Waals surface area contributed by atoms with E-state index in [2.05, 4.69) is 37.1 Å². The van der Waals surface area contributed by atoms with E-state index < -0.39 is 8.07 Å². The smallest absolute Gasteiger partial charge is 0.0511 e. The highest BCUT2D eigenvalue weighted by molar-refractivity contribution is 6.77. The minimum absolute atomic E-state index is 0.922. The van der Waals surface area contributed by atoms with Crippen LogP contribution in [0.15, 0.2) is 12.2 Å². The fourth-order valence-electron chi connectivity index (χ4n) is 2.50. The topological polar surface area (TPSA) is 3.24 Å². The van der Waals surface area contributed by atoms with Crippen LogP contribution < -0.4 is 0 Å². The Bertz CT molecular complexity index is 205. The molecule has 0 aliphatic carbocycles. The molecular formula is C14H29NSi. The molecule has 1 aliphatic heterocycles. The number of hydrogen-bond donors (Lipinski definition) is 0. The Hall–Kier alpha value is -0.0831. The second kappa shape index (κ2) is 7.28. The number of allylic oxidation sites excluding steroid dienone is 2. The lowest BCUT2D eigenvalue weighted by Crippen LogP contribution is -2.32. The van der Waals surface area contributed by atoms with Gasteiger partial charge in [-0.1, -0.05) is 37.7 Å². The lowest BCUT2D eigenvalue weighted by Gasteiger charge is -2.28. The standard InChI is InChI=1S/C14H29NSi/c1-4-5-13-16(2,3)14-9-12-15-10-7-6-8-11-15/h4-5H,6-14H2,1-3H3/b5-4+. The molecule has 0 spiro atoms. The van der Waals surface area contributed by atoms with Crippen LogP contribution in [0.5, 0.6) is 0 Å². The molecule has 0 amide bonds. The summed E-state index contributed by atoms with van der Waals surface area (Å²) in [6.45, 7) is 11.3. The summed E-state index contributed by atoms with van der Waals surface area (Å²) in [7, 11) is -0.922. The molecule has 1 nitrogen and oxygen atoms in total. The molecule has 0 aromatic rings. The molecule has 0 N–H and O–H groups in total. The Morgan fingerprint density at radius 2 is 1.81 bits per heavy atom. The van der Waals surface area contributed by atoms with Crippen molar-refractivity contribution >= 4 is 8.07 Å². The van der Waals surface area contributed by atoms with Crippen molar-refractivity contribution in [3.05, 3.63) is 12.2 Å². The van der Waals surface area contributed by atoms with Gasteiger partial charge in [-0.25, -0.2) is 0 Å². The average Bonchev–Trinajstić information content (AvgIpc) is 2.28. The number of likely N-dealkylation sites (tertiary alicyclic amines) is 1. The number of piperidine rings is 1. The SMILES string of the molecule is C/C=C/C[Si](C)(C)CCCN1CCCCC1. The number of hydrogen-bond acceptors (Lipinski definition) is 1. The fraction of sp³-hybridized carbons (Fsp3) is 0.857. The van der Waals surface area contributed by atoms with Crippen LogP contribution in [0, 0.1) is 0 Å². The van der Waals surface area contributed by atoms with Crippen LogP contribution in [0.4, 0.5) is 0 Å². The minimum Gasteiger partial charge on any atom is -0.303 e. The summed E-state index contributed by atoms with van der Waals surface area (Å²) in [4.78, 5) is 2.67. The van der Waals surface area contributed by atoms with Crippen LogP contribution in [0.1, 0.15) is 32.6 Å². The quantitative estimate of drug-likeness (QED) is 0.497. The monoisotopic (exact) mass is 239 g/mol. The van der Waals surface area contributed by atoms with Crippen LogP contribution >= 0.6 is 0 Å². The molecule has 1 fully saturated rings. The largest absolute Gasteiger partial charge is 0.303 e. The Kier molecular flexibility index (Phi) is 6.36. The maximum absolute atomic E-state index is 2.67. The van der Waals surface area contributed by atoms with Gasteiger partial charge in [-0.15, -0.1) is 0 Å². The van der Waals surface area contributed by atoms with Gasteiger partial charge in [0, 0.05) is 0 Å². The van der Waals surface area contributed by atoms with Crippen LogP contribution in [0.2, 0.25) is 25.2 Å². The van der Waals surface area contributed by atoms with Crippen molar-refractivity contribution in [3.8, 4) is 0 Å². The van der Waals surface area contributed by atoms with Crippen LogP contribution in [0.3, 0.4) is 0 Å². The Labute approximate surface area is 103 Å². The van der Waals surface area contributed by atoms with Crippen molar-refractivity contribution in [2.45, 2.75) is 57.8 Å². The van der Waals surface area contributed by atoms with Crippen molar-refractivity contribution in [2.75, 3.05) is 19.6 Å². The predicted molar refractivity (Wildman–Crippen MR) is 76.8 cm³/mol. The van der Waals surface area contributed by atoms with E-state index in [4.69, 9.17) is 0 Å². The molecular weight excluding hydrogens is 210 g/mol. The molecule has 0 saturated carbocycles. The normalized spacial score (nSPS) is 19.4. The first-order chi connectivity index (χ1) is 7.64. The van der Waals surface area contributed by atoms with E-state index in [1.54, 1.807) is 0 Å². The lowest BCUT2D eigenvalue weighted by atomic mass is 10.1. The van der Waals surface area contributed by atoms with E-state index in [-0.39, 0.29) is 0 Å². The fourth-order valence-corrected chi connectivity index (χ4v) is 4.70. The molecule has 0 atom stereocenters. The maximum atomic E-state index is 2.67. The molecule has 16 heavy (non-hydrogen) atoms. The first kappa shape index (κ1) is 14.0. The summed E-state index contributed by atoms with van der Waals surface area (Å²) < 4.78 is 0. The third kappa shape index (κ3) is 5.85. The third-order valence-corrected chi connectivity index (χ3v) is 6.73. The Balaban J connectivity index is 2.13. The van der Waals surface area contributed by atoms with Crippen molar-refractivity contribution in [3.63, 3.8) is 0 Å². The van der Waals surface area contributed by atoms with Gasteiger partial charge in [0.25, 0.3) is 0 Å². The zero-order chi connectivity index (χ0) is 11.9. The van der Waals surface area contributed by atoms with E-state index in [1.165, 1.54) is 57.4 Å². The average molecular weight is 239 g/mol. The van der Waals surface area contributed by atoms with Gasteiger partial charge in [0.15, 0.2) is 0 Å². The Morgan fingerprint density at radius 1 is 1.12 bits per heavy atom. The molecule has 0 unspecified atom stereocenters. The summed E-state index contributed by atoms with van der Waals surface area (Å²) >= 11 is 0. The summed E-state index contributed by atoms with van der Waals surface area (Å²) in [5, 5.41) is 0. The van der Waals surface area contributed by atoms with Crippen LogP contribution in [-0.4, -0.2) is 32.6 Å². The molecule has 1 rings (SSSR count). The van der Waals surface area contributed by atoms with Gasteiger partial charge in [-0.3, -0.25) is 0 Å².